The minimum Gasteiger partial charge on any atom is -0.492 e. The van der Waals surface area contributed by atoms with Crippen molar-refractivity contribution >= 4 is 11.6 Å². The van der Waals surface area contributed by atoms with Gasteiger partial charge in [-0.05, 0) is 41.6 Å². The minimum absolute atomic E-state index is 0.669. The van der Waals surface area contributed by atoms with Crippen LogP contribution in [0.4, 0.5) is 11.6 Å². The van der Waals surface area contributed by atoms with Crippen LogP contribution in [0.1, 0.15) is 6.92 Å². The van der Waals surface area contributed by atoms with Crippen LogP contribution in [0.3, 0.4) is 0 Å². The summed E-state index contributed by atoms with van der Waals surface area (Å²) in [7, 11) is 0. The fourth-order valence-corrected chi connectivity index (χ4v) is 3.26. The molecule has 0 bridgehead atoms. The first-order valence-electron chi connectivity index (χ1n) is 8.92. The van der Waals surface area contributed by atoms with Crippen molar-refractivity contribution in [3.8, 4) is 11.4 Å². The van der Waals surface area contributed by atoms with Crippen LogP contribution in [-0.4, -0.2) is 53.0 Å². The highest BCUT2D eigenvalue weighted by Crippen LogP contribution is 2.29. The quantitative estimate of drug-likeness (QED) is 0.704. The number of rotatable bonds is 5. The van der Waals surface area contributed by atoms with Crippen LogP contribution in [-0.2, 0) is 0 Å². The van der Waals surface area contributed by atoms with E-state index in [0.717, 1.165) is 49.3 Å². The van der Waals surface area contributed by atoms with Gasteiger partial charge in [0, 0.05) is 26.2 Å². The largest absolute Gasteiger partial charge is 0.492 e. The second-order valence-corrected chi connectivity index (χ2v) is 6.10. The molecule has 0 radical (unpaired) electrons. The predicted octanol–water partition coefficient (Wildman–Crippen LogP) is 2.39. The van der Waals surface area contributed by atoms with Crippen LogP contribution in [0.5, 0.6) is 5.75 Å². The molecule has 7 heteroatoms. The number of hydrogen-bond donors (Lipinski definition) is 0. The molecule has 0 saturated carbocycles. The maximum absolute atomic E-state index is 5.77. The summed E-state index contributed by atoms with van der Waals surface area (Å²) >= 11 is 0. The number of tetrazole rings is 1. The summed E-state index contributed by atoms with van der Waals surface area (Å²) < 4.78 is 7.57. The smallest absolute Gasteiger partial charge is 0.250 e. The van der Waals surface area contributed by atoms with Crippen LogP contribution >= 0.6 is 0 Å². The van der Waals surface area contributed by atoms with Gasteiger partial charge >= 0.3 is 0 Å². The Balaban J connectivity index is 1.49. The van der Waals surface area contributed by atoms with E-state index in [0.29, 0.717) is 6.61 Å². The monoisotopic (exact) mass is 350 g/mol. The molecule has 0 atom stereocenters. The minimum atomic E-state index is 0.669. The Bertz CT molecular complexity index is 842. The Labute approximate surface area is 152 Å². The second-order valence-electron chi connectivity index (χ2n) is 6.10. The van der Waals surface area contributed by atoms with Crippen molar-refractivity contribution in [1.29, 1.82) is 0 Å². The lowest BCUT2D eigenvalue weighted by atomic mass is 10.2. The first-order chi connectivity index (χ1) is 12.9. The van der Waals surface area contributed by atoms with Gasteiger partial charge < -0.3 is 14.5 Å². The molecule has 0 aliphatic carbocycles. The first kappa shape index (κ1) is 16.4. The number of benzene rings is 2. The van der Waals surface area contributed by atoms with Crippen LogP contribution in [0.2, 0.25) is 0 Å². The van der Waals surface area contributed by atoms with Crippen molar-refractivity contribution in [2.24, 2.45) is 0 Å². The maximum Gasteiger partial charge on any atom is 0.250 e. The van der Waals surface area contributed by atoms with E-state index >= 15 is 0 Å². The van der Waals surface area contributed by atoms with Gasteiger partial charge in [0.2, 0.25) is 5.95 Å². The van der Waals surface area contributed by atoms with Gasteiger partial charge in [-0.3, -0.25) is 0 Å². The van der Waals surface area contributed by atoms with Gasteiger partial charge in [-0.15, -0.1) is 0 Å². The van der Waals surface area contributed by atoms with Gasteiger partial charge in [0.25, 0.3) is 0 Å². The van der Waals surface area contributed by atoms with E-state index in [1.807, 2.05) is 49.4 Å². The molecule has 3 aromatic rings. The molecule has 4 rings (SSSR count). The number of ether oxygens (including phenoxy) is 1. The lowest BCUT2D eigenvalue weighted by Gasteiger charge is -2.36. The normalized spacial score (nSPS) is 14.5. The Morgan fingerprint density at radius 1 is 0.885 bits per heavy atom. The molecule has 1 aliphatic heterocycles. The summed E-state index contributed by atoms with van der Waals surface area (Å²) in [5.41, 5.74) is 2.12. The van der Waals surface area contributed by atoms with Gasteiger partial charge in [-0.2, -0.15) is 4.68 Å². The fraction of sp³-hybridized carbons (Fsp3) is 0.316. The van der Waals surface area contributed by atoms with Crippen molar-refractivity contribution in [2.75, 3.05) is 42.6 Å². The Kier molecular flexibility index (Phi) is 4.68. The zero-order valence-corrected chi connectivity index (χ0v) is 14.8. The van der Waals surface area contributed by atoms with Gasteiger partial charge in [0.05, 0.1) is 18.0 Å². The van der Waals surface area contributed by atoms with Crippen molar-refractivity contribution < 1.29 is 4.74 Å². The van der Waals surface area contributed by atoms with Crippen LogP contribution < -0.4 is 14.5 Å². The SMILES string of the molecule is CCOc1ccccc1N1CCN(c2nnnn2-c2ccccc2)CC1. The van der Waals surface area contributed by atoms with E-state index in [2.05, 4.69) is 37.5 Å². The van der Waals surface area contributed by atoms with Crippen molar-refractivity contribution in [3.63, 3.8) is 0 Å². The Morgan fingerprint density at radius 2 is 1.58 bits per heavy atom. The molecule has 1 saturated heterocycles. The lowest BCUT2D eigenvalue weighted by molar-refractivity contribution is 0.340. The molecule has 2 heterocycles. The number of nitrogens with zero attached hydrogens (tertiary/aromatic N) is 6. The number of anilines is 2. The third kappa shape index (κ3) is 3.20. The predicted molar refractivity (Wildman–Crippen MR) is 101 cm³/mol. The number of aromatic nitrogens is 4. The first-order valence-corrected chi connectivity index (χ1v) is 8.92. The zero-order valence-electron chi connectivity index (χ0n) is 14.8. The van der Waals surface area contributed by atoms with Gasteiger partial charge in [-0.25, -0.2) is 0 Å². The summed E-state index contributed by atoms with van der Waals surface area (Å²) in [6, 6.07) is 18.2. The average Bonchev–Trinajstić information content (AvgIpc) is 3.19. The molecule has 7 nitrogen and oxygen atoms in total. The van der Waals surface area contributed by atoms with E-state index < -0.39 is 0 Å². The van der Waals surface area contributed by atoms with Crippen LogP contribution in [0.25, 0.3) is 5.69 Å². The second kappa shape index (κ2) is 7.43. The van der Waals surface area contributed by atoms with Gasteiger partial charge in [-0.1, -0.05) is 35.4 Å². The third-order valence-electron chi connectivity index (χ3n) is 4.52. The van der Waals surface area contributed by atoms with Crippen molar-refractivity contribution in [3.05, 3.63) is 54.6 Å². The molecule has 1 aliphatic rings. The van der Waals surface area contributed by atoms with Crippen molar-refractivity contribution in [2.45, 2.75) is 6.92 Å². The summed E-state index contributed by atoms with van der Waals surface area (Å²) in [4.78, 5) is 4.59. The molecule has 2 aromatic carbocycles. The highest BCUT2D eigenvalue weighted by molar-refractivity contribution is 5.59. The summed E-state index contributed by atoms with van der Waals surface area (Å²) in [6.07, 6.45) is 0. The molecule has 0 amide bonds. The molecule has 0 spiro atoms. The van der Waals surface area contributed by atoms with E-state index in [-0.39, 0.29) is 0 Å². The van der Waals surface area contributed by atoms with E-state index in [9.17, 15) is 0 Å². The number of hydrogen-bond acceptors (Lipinski definition) is 6. The lowest BCUT2D eigenvalue weighted by Crippen LogP contribution is -2.47. The molecule has 1 aromatic heterocycles. The molecule has 26 heavy (non-hydrogen) atoms. The molecule has 0 N–H and O–H groups in total. The highest BCUT2D eigenvalue weighted by Gasteiger charge is 2.23. The van der Waals surface area contributed by atoms with E-state index in [1.165, 1.54) is 0 Å². The Morgan fingerprint density at radius 3 is 2.35 bits per heavy atom. The fourth-order valence-electron chi connectivity index (χ4n) is 3.26. The molecular weight excluding hydrogens is 328 g/mol. The zero-order chi connectivity index (χ0) is 17.8. The van der Waals surface area contributed by atoms with Crippen LogP contribution in [0, 0.1) is 0 Å². The summed E-state index contributed by atoms with van der Waals surface area (Å²) in [6.45, 7) is 6.18. The molecule has 134 valence electrons. The highest BCUT2D eigenvalue weighted by atomic mass is 16.5. The third-order valence-corrected chi connectivity index (χ3v) is 4.52. The summed E-state index contributed by atoms with van der Waals surface area (Å²) in [5, 5.41) is 12.3. The number of piperazine rings is 1. The van der Waals surface area contributed by atoms with Crippen molar-refractivity contribution in [1.82, 2.24) is 20.2 Å². The topological polar surface area (TPSA) is 59.3 Å². The van der Waals surface area contributed by atoms with Gasteiger partial charge in [0.1, 0.15) is 5.75 Å². The van der Waals surface area contributed by atoms with Gasteiger partial charge in [0.15, 0.2) is 0 Å². The molecule has 0 unspecified atom stereocenters. The standard InChI is InChI=1S/C19H22N6O/c1-2-26-18-11-7-6-10-17(18)23-12-14-24(15-13-23)19-20-21-22-25(19)16-8-4-3-5-9-16/h3-11H,2,12-15H2,1H3. The number of para-hydroxylation sites is 3. The molecule has 1 fully saturated rings. The maximum atomic E-state index is 5.77. The van der Waals surface area contributed by atoms with Crippen LogP contribution in [0.15, 0.2) is 54.6 Å². The Hall–Kier alpha value is -3.09. The van der Waals surface area contributed by atoms with E-state index in [1.54, 1.807) is 4.68 Å². The average molecular weight is 350 g/mol. The molecular formula is C19H22N6O. The van der Waals surface area contributed by atoms with E-state index in [4.69, 9.17) is 4.74 Å². The summed E-state index contributed by atoms with van der Waals surface area (Å²) in [5.74, 6) is 1.73.